The Labute approximate surface area is 143 Å². The fourth-order valence-corrected chi connectivity index (χ4v) is 2.46. The summed E-state index contributed by atoms with van der Waals surface area (Å²) in [7, 11) is 1.49. The number of nitrogens with one attached hydrogen (secondary N) is 1. The summed E-state index contributed by atoms with van der Waals surface area (Å²) in [5.41, 5.74) is -0.203. The van der Waals surface area contributed by atoms with Crippen molar-refractivity contribution in [3.05, 3.63) is 70.8 Å². The first-order chi connectivity index (χ1) is 11.8. The van der Waals surface area contributed by atoms with Crippen LogP contribution in [-0.2, 0) is 17.5 Å². The molecule has 2 rings (SSSR count). The summed E-state index contributed by atoms with van der Waals surface area (Å²) in [4.78, 5) is 12.3. The van der Waals surface area contributed by atoms with Gasteiger partial charge in [0.25, 0.3) is 5.91 Å². The van der Waals surface area contributed by atoms with Crippen LogP contribution < -0.4 is 5.32 Å². The van der Waals surface area contributed by atoms with Crippen LogP contribution in [0.1, 0.15) is 33.2 Å². The van der Waals surface area contributed by atoms with Gasteiger partial charge in [0, 0.05) is 19.2 Å². The van der Waals surface area contributed by atoms with E-state index in [4.69, 9.17) is 4.74 Å². The predicted molar refractivity (Wildman–Crippen MR) is 85.9 cm³/mol. The van der Waals surface area contributed by atoms with Crippen molar-refractivity contribution in [1.29, 1.82) is 0 Å². The van der Waals surface area contributed by atoms with Gasteiger partial charge in [0.15, 0.2) is 0 Å². The molecule has 0 radical (unpaired) electrons. The third kappa shape index (κ3) is 4.80. The predicted octanol–water partition coefficient (Wildman–Crippen LogP) is 3.32. The smallest absolute Gasteiger partial charge is 0.387 e. The first-order valence-corrected chi connectivity index (χ1v) is 7.53. The number of aliphatic hydroxyl groups is 1. The van der Waals surface area contributed by atoms with Crippen LogP contribution in [0.3, 0.4) is 0 Å². The molecule has 2 N–H and O–H groups in total. The number of alkyl halides is 3. The highest BCUT2D eigenvalue weighted by Crippen LogP contribution is 2.34. The number of ether oxygens (including phenoxy) is 1. The van der Waals surface area contributed by atoms with Crippen LogP contribution in [0.2, 0.25) is 0 Å². The first-order valence-electron chi connectivity index (χ1n) is 7.53. The highest BCUT2D eigenvalue weighted by Gasteiger charge is 2.34. The molecule has 0 aliphatic heterocycles. The van der Waals surface area contributed by atoms with Crippen LogP contribution in [0.4, 0.5) is 13.2 Å². The molecule has 0 aliphatic rings. The Morgan fingerprint density at radius 2 is 1.80 bits per heavy atom. The first kappa shape index (κ1) is 19.0. The number of aliphatic hydroxyl groups excluding tert-OH is 1. The molecule has 7 heteroatoms. The van der Waals surface area contributed by atoms with Crippen LogP contribution >= 0.6 is 0 Å². The molecular formula is C18H18F3NO3. The average Bonchev–Trinajstić information content (AvgIpc) is 2.59. The number of benzene rings is 2. The summed E-state index contributed by atoms with van der Waals surface area (Å²) in [6, 6.07) is 11.5. The molecule has 2 aromatic carbocycles. The third-order valence-electron chi connectivity index (χ3n) is 3.64. The van der Waals surface area contributed by atoms with Gasteiger partial charge in [-0.1, -0.05) is 36.4 Å². The minimum Gasteiger partial charge on any atom is -0.387 e. The molecule has 2 aromatic rings. The van der Waals surface area contributed by atoms with Crippen molar-refractivity contribution in [1.82, 2.24) is 5.32 Å². The number of hydrogen-bond donors (Lipinski definition) is 2. The van der Waals surface area contributed by atoms with Crippen LogP contribution in [0.15, 0.2) is 48.5 Å². The van der Waals surface area contributed by atoms with E-state index in [9.17, 15) is 23.1 Å². The normalized spacial score (nSPS) is 12.7. The average molecular weight is 353 g/mol. The Morgan fingerprint density at radius 1 is 1.16 bits per heavy atom. The van der Waals surface area contributed by atoms with Crippen molar-refractivity contribution in [3.8, 4) is 0 Å². The van der Waals surface area contributed by atoms with E-state index in [1.54, 1.807) is 24.3 Å². The number of methoxy groups -OCH3 is 1. The SMILES string of the molecule is COCc1ccccc1C(=O)NC[C@H](O)c1ccccc1C(F)(F)F. The second-order valence-electron chi connectivity index (χ2n) is 5.40. The summed E-state index contributed by atoms with van der Waals surface area (Å²) in [5, 5.41) is 12.6. The van der Waals surface area contributed by atoms with Crippen LogP contribution in [0, 0.1) is 0 Å². The lowest BCUT2D eigenvalue weighted by Crippen LogP contribution is -2.30. The van der Waals surface area contributed by atoms with Gasteiger partial charge in [-0.15, -0.1) is 0 Å². The van der Waals surface area contributed by atoms with E-state index in [-0.39, 0.29) is 18.7 Å². The van der Waals surface area contributed by atoms with E-state index in [0.29, 0.717) is 11.1 Å². The molecule has 134 valence electrons. The topological polar surface area (TPSA) is 58.6 Å². The number of carbonyl (C=O) groups excluding carboxylic acids is 1. The maximum Gasteiger partial charge on any atom is 0.416 e. The van der Waals surface area contributed by atoms with Gasteiger partial charge in [-0.3, -0.25) is 4.79 Å². The molecule has 0 fully saturated rings. The molecule has 0 bridgehead atoms. The highest BCUT2D eigenvalue weighted by molar-refractivity contribution is 5.95. The van der Waals surface area contributed by atoms with Gasteiger partial charge >= 0.3 is 6.18 Å². The Balaban J connectivity index is 2.11. The molecule has 0 spiro atoms. The summed E-state index contributed by atoms with van der Waals surface area (Å²) < 4.78 is 44.0. The van der Waals surface area contributed by atoms with Gasteiger partial charge in [0.05, 0.1) is 18.3 Å². The fourth-order valence-electron chi connectivity index (χ4n) is 2.46. The zero-order valence-electron chi connectivity index (χ0n) is 13.5. The highest BCUT2D eigenvalue weighted by atomic mass is 19.4. The molecule has 0 saturated carbocycles. The summed E-state index contributed by atoms with van der Waals surface area (Å²) >= 11 is 0. The molecule has 25 heavy (non-hydrogen) atoms. The molecule has 0 aliphatic carbocycles. The molecular weight excluding hydrogens is 335 g/mol. The maximum absolute atomic E-state index is 13.0. The largest absolute Gasteiger partial charge is 0.416 e. The van der Waals surface area contributed by atoms with E-state index in [1.165, 1.54) is 25.3 Å². The second kappa shape index (κ2) is 8.13. The van der Waals surface area contributed by atoms with E-state index >= 15 is 0 Å². The minimum absolute atomic E-state index is 0.225. The summed E-state index contributed by atoms with van der Waals surface area (Å²) in [5.74, 6) is -0.490. The molecule has 0 aromatic heterocycles. The second-order valence-corrected chi connectivity index (χ2v) is 5.40. The molecule has 1 amide bonds. The Hall–Kier alpha value is -2.38. The Morgan fingerprint density at radius 3 is 2.48 bits per heavy atom. The van der Waals surface area contributed by atoms with Crippen LogP contribution in [-0.4, -0.2) is 24.7 Å². The van der Waals surface area contributed by atoms with Crippen LogP contribution in [0.5, 0.6) is 0 Å². The van der Waals surface area contributed by atoms with Gasteiger partial charge in [-0.25, -0.2) is 0 Å². The van der Waals surface area contributed by atoms with E-state index in [1.807, 2.05) is 0 Å². The number of amides is 1. The van der Waals surface area contributed by atoms with E-state index in [0.717, 1.165) is 6.07 Å². The van der Waals surface area contributed by atoms with Crippen molar-refractivity contribution in [3.63, 3.8) is 0 Å². The Kier molecular flexibility index (Phi) is 6.17. The van der Waals surface area contributed by atoms with Crippen molar-refractivity contribution >= 4 is 5.91 Å². The zero-order chi connectivity index (χ0) is 18.4. The lowest BCUT2D eigenvalue weighted by atomic mass is 10.0. The van der Waals surface area contributed by atoms with Crippen molar-refractivity contribution in [2.24, 2.45) is 0 Å². The van der Waals surface area contributed by atoms with Crippen molar-refractivity contribution < 1.29 is 27.8 Å². The van der Waals surface area contributed by atoms with Gasteiger partial charge in [0.2, 0.25) is 0 Å². The quantitative estimate of drug-likeness (QED) is 0.838. The number of carbonyl (C=O) groups is 1. The summed E-state index contributed by atoms with van der Waals surface area (Å²) in [6.07, 6.45) is -6.05. The molecule has 0 unspecified atom stereocenters. The van der Waals surface area contributed by atoms with Gasteiger partial charge in [0.1, 0.15) is 0 Å². The summed E-state index contributed by atoms with van der Waals surface area (Å²) in [6.45, 7) is -0.115. The zero-order valence-corrected chi connectivity index (χ0v) is 13.5. The standard InChI is InChI=1S/C18H18F3NO3/c1-25-11-12-6-2-3-7-13(12)17(24)22-10-16(23)14-8-4-5-9-15(14)18(19,20)21/h2-9,16,23H,10-11H2,1H3,(H,22,24)/t16-/m0/s1. The monoisotopic (exact) mass is 353 g/mol. The molecule has 4 nitrogen and oxygen atoms in total. The van der Waals surface area contributed by atoms with Crippen molar-refractivity contribution in [2.75, 3.05) is 13.7 Å². The number of halogens is 3. The van der Waals surface area contributed by atoms with Gasteiger partial charge < -0.3 is 15.2 Å². The lowest BCUT2D eigenvalue weighted by Gasteiger charge is -2.18. The lowest BCUT2D eigenvalue weighted by molar-refractivity contribution is -0.139. The van der Waals surface area contributed by atoms with Crippen LogP contribution in [0.25, 0.3) is 0 Å². The number of rotatable bonds is 6. The molecule has 1 atom stereocenters. The molecule has 0 heterocycles. The van der Waals surface area contributed by atoms with Gasteiger partial charge in [-0.2, -0.15) is 13.2 Å². The van der Waals surface area contributed by atoms with Crippen molar-refractivity contribution in [2.45, 2.75) is 18.9 Å². The molecule has 0 saturated heterocycles. The number of hydrogen-bond acceptors (Lipinski definition) is 3. The maximum atomic E-state index is 13.0. The fraction of sp³-hybridized carbons (Fsp3) is 0.278. The van der Waals surface area contributed by atoms with E-state index in [2.05, 4.69) is 5.32 Å². The third-order valence-corrected chi connectivity index (χ3v) is 3.64. The minimum atomic E-state index is -4.58. The van der Waals surface area contributed by atoms with E-state index < -0.39 is 23.8 Å². The Bertz CT molecular complexity index is 732. The van der Waals surface area contributed by atoms with Gasteiger partial charge in [-0.05, 0) is 23.3 Å².